The molecular formula is C20H23N5O2. The van der Waals surface area contributed by atoms with Crippen molar-refractivity contribution in [2.24, 2.45) is 5.41 Å². The highest BCUT2D eigenvalue weighted by molar-refractivity contribution is 6.09. The number of rotatable bonds is 3. The third-order valence-electron chi connectivity index (χ3n) is 5.19. The SMILES string of the molecule is CN(C)c1cc2c(cc1NC(=O)c1cnn3cccnc13)CC(C)(C)[C@@H]2O. The van der Waals surface area contributed by atoms with E-state index in [-0.39, 0.29) is 11.3 Å². The van der Waals surface area contributed by atoms with Crippen LogP contribution in [-0.2, 0) is 6.42 Å². The van der Waals surface area contributed by atoms with Crippen molar-refractivity contribution in [2.45, 2.75) is 26.4 Å². The molecule has 0 saturated carbocycles. The number of anilines is 2. The second-order valence-corrected chi connectivity index (χ2v) is 7.93. The molecule has 0 spiro atoms. The van der Waals surface area contributed by atoms with Crippen LogP contribution in [0.3, 0.4) is 0 Å². The van der Waals surface area contributed by atoms with Gasteiger partial charge in [0, 0.05) is 26.5 Å². The average Bonchev–Trinajstić information content (AvgIpc) is 3.13. The van der Waals surface area contributed by atoms with Crippen LogP contribution >= 0.6 is 0 Å². The molecule has 2 aromatic heterocycles. The van der Waals surface area contributed by atoms with E-state index in [2.05, 4.69) is 29.2 Å². The van der Waals surface area contributed by atoms with Crippen molar-refractivity contribution in [3.05, 3.63) is 53.5 Å². The van der Waals surface area contributed by atoms with Crippen LogP contribution in [-0.4, -0.2) is 39.7 Å². The summed E-state index contributed by atoms with van der Waals surface area (Å²) in [4.78, 5) is 19.1. The quantitative estimate of drug-likeness (QED) is 0.746. The fraction of sp³-hybridized carbons (Fsp3) is 0.350. The first-order chi connectivity index (χ1) is 12.8. The predicted octanol–water partition coefficient (Wildman–Crippen LogP) is 2.66. The van der Waals surface area contributed by atoms with Gasteiger partial charge in [-0.1, -0.05) is 13.8 Å². The number of aliphatic hydroxyl groups is 1. The van der Waals surface area contributed by atoms with Gasteiger partial charge in [-0.2, -0.15) is 5.10 Å². The topological polar surface area (TPSA) is 82.8 Å². The van der Waals surface area contributed by atoms with Crippen LogP contribution in [0.4, 0.5) is 11.4 Å². The summed E-state index contributed by atoms with van der Waals surface area (Å²) in [7, 11) is 3.83. The number of hydrogen-bond donors (Lipinski definition) is 2. The van der Waals surface area contributed by atoms with Gasteiger partial charge in [0.25, 0.3) is 5.91 Å². The molecule has 0 saturated heterocycles. The van der Waals surface area contributed by atoms with Crippen molar-refractivity contribution in [1.82, 2.24) is 14.6 Å². The standard InChI is InChI=1S/C20H23N5O2/c1-20(2)10-12-8-15(16(24(3)4)9-13(12)17(20)26)23-19(27)14-11-22-25-7-5-6-21-18(14)25/h5-9,11,17,26H,10H2,1-4H3,(H,23,27)/t17-/m1/s1. The Morgan fingerprint density at radius 2 is 2.15 bits per heavy atom. The van der Waals surface area contributed by atoms with Gasteiger partial charge in [-0.05, 0) is 41.2 Å². The number of nitrogens with one attached hydrogen (secondary N) is 1. The maximum absolute atomic E-state index is 12.9. The Morgan fingerprint density at radius 3 is 2.89 bits per heavy atom. The van der Waals surface area contributed by atoms with Gasteiger partial charge in [0.05, 0.1) is 23.7 Å². The van der Waals surface area contributed by atoms with Gasteiger partial charge >= 0.3 is 0 Å². The molecule has 0 fully saturated rings. The van der Waals surface area contributed by atoms with Gasteiger partial charge in [0.2, 0.25) is 0 Å². The van der Waals surface area contributed by atoms with E-state index in [4.69, 9.17) is 0 Å². The molecule has 1 aromatic carbocycles. The molecule has 4 rings (SSSR count). The summed E-state index contributed by atoms with van der Waals surface area (Å²) < 4.78 is 1.57. The lowest BCUT2D eigenvalue weighted by molar-refractivity contribution is 0.0666. The molecule has 7 nitrogen and oxygen atoms in total. The Balaban J connectivity index is 1.73. The molecule has 0 aliphatic heterocycles. The summed E-state index contributed by atoms with van der Waals surface area (Å²) in [5.41, 5.74) is 4.26. The lowest BCUT2D eigenvalue weighted by Gasteiger charge is -2.23. The molecule has 2 N–H and O–H groups in total. The van der Waals surface area contributed by atoms with Crippen LogP contribution < -0.4 is 10.2 Å². The zero-order chi connectivity index (χ0) is 19.3. The van der Waals surface area contributed by atoms with Crippen molar-refractivity contribution < 1.29 is 9.90 Å². The van der Waals surface area contributed by atoms with Gasteiger partial charge < -0.3 is 15.3 Å². The molecule has 3 aromatic rings. The van der Waals surface area contributed by atoms with E-state index in [1.54, 1.807) is 23.0 Å². The minimum absolute atomic E-state index is 0.221. The van der Waals surface area contributed by atoms with Crippen molar-refractivity contribution in [3.63, 3.8) is 0 Å². The average molecular weight is 365 g/mol. The number of nitrogens with zero attached hydrogens (tertiary/aromatic N) is 4. The molecule has 7 heteroatoms. The maximum atomic E-state index is 12.9. The van der Waals surface area contributed by atoms with Crippen LogP contribution in [0.15, 0.2) is 36.8 Å². The first kappa shape index (κ1) is 17.5. The molecule has 0 radical (unpaired) electrons. The molecule has 1 aliphatic rings. The van der Waals surface area contributed by atoms with E-state index in [0.29, 0.717) is 16.9 Å². The number of aliphatic hydroxyl groups excluding tert-OH is 1. The number of carbonyl (C=O) groups is 1. The van der Waals surface area contributed by atoms with Crippen molar-refractivity contribution in [2.75, 3.05) is 24.3 Å². The fourth-order valence-electron chi connectivity index (χ4n) is 3.71. The Bertz CT molecular complexity index is 1040. The predicted molar refractivity (Wildman–Crippen MR) is 104 cm³/mol. The van der Waals surface area contributed by atoms with Gasteiger partial charge in [0.15, 0.2) is 5.65 Å². The summed E-state index contributed by atoms with van der Waals surface area (Å²) >= 11 is 0. The first-order valence-corrected chi connectivity index (χ1v) is 8.90. The molecule has 0 unspecified atom stereocenters. The smallest absolute Gasteiger partial charge is 0.261 e. The summed E-state index contributed by atoms with van der Waals surface area (Å²) in [6, 6.07) is 5.71. The van der Waals surface area contributed by atoms with E-state index < -0.39 is 6.10 Å². The minimum atomic E-state index is -0.514. The van der Waals surface area contributed by atoms with E-state index in [9.17, 15) is 9.90 Å². The van der Waals surface area contributed by atoms with E-state index >= 15 is 0 Å². The number of hydrogen-bond acceptors (Lipinski definition) is 5. The largest absolute Gasteiger partial charge is 0.388 e. The third-order valence-corrected chi connectivity index (χ3v) is 5.19. The Kier molecular flexibility index (Phi) is 3.92. The Labute approximate surface area is 157 Å². The van der Waals surface area contributed by atoms with Crippen LogP contribution in [0.5, 0.6) is 0 Å². The normalized spacial score (nSPS) is 17.7. The number of benzene rings is 1. The van der Waals surface area contributed by atoms with E-state index in [1.165, 1.54) is 6.20 Å². The second-order valence-electron chi connectivity index (χ2n) is 7.93. The number of amides is 1. The van der Waals surface area contributed by atoms with Gasteiger partial charge in [-0.25, -0.2) is 9.50 Å². The minimum Gasteiger partial charge on any atom is -0.388 e. The van der Waals surface area contributed by atoms with Gasteiger partial charge in [0.1, 0.15) is 5.56 Å². The fourth-order valence-corrected chi connectivity index (χ4v) is 3.71. The molecule has 0 bridgehead atoms. The highest BCUT2D eigenvalue weighted by Gasteiger charge is 2.38. The first-order valence-electron chi connectivity index (χ1n) is 8.90. The molecule has 2 heterocycles. The van der Waals surface area contributed by atoms with Gasteiger partial charge in [-0.3, -0.25) is 4.79 Å². The van der Waals surface area contributed by atoms with Crippen LogP contribution in [0.2, 0.25) is 0 Å². The van der Waals surface area contributed by atoms with Crippen LogP contribution in [0, 0.1) is 5.41 Å². The van der Waals surface area contributed by atoms with Gasteiger partial charge in [-0.15, -0.1) is 0 Å². The summed E-state index contributed by atoms with van der Waals surface area (Å²) in [5.74, 6) is -0.260. The Hall–Kier alpha value is -2.93. The lowest BCUT2D eigenvalue weighted by Crippen LogP contribution is -2.18. The van der Waals surface area contributed by atoms with E-state index in [1.807, 2.05) is 31.1 Å². The molecule has 27 heavy (non-hydrogen) atoms. The monoisotopic (exact) mass is 365 g/mol. The van der Waals surface area contributed by atoms with E-state index in [0.717, 1.165) is 23.2 Å². The molecule has 1 aliphatic carbocycles. The number of aromatic nitrogens is 3. The lowest BCUT2D eigenvalue weighted by atomic mass is 9.87. The number of carbonyl (C=O) groups excluding carboxylic acids is 1. The summed E-state index contributed by atoms with van der Waals surface area (Å²) in [6.45, 7) is 4.10. The highest BCUT2D eigenvalue weighted by atomic mass is 16.3. The molecular weight excluding hydrogens is 342 g/mol. The number of fused-ring (bicyclic) bond motifs is 2. The van der Waals surface area contributed by atoms with Crippen molar-refractivity contribution in [1.29, 1.82) is 0 Å². The second kappa shape index (κ2) is 6.06. The Morgan fingerprint density at radius 1 is 1.37 bits per heavy atom. The van der Waals surface area contributed by atoms with Crippen molar-refractivity contribution >= 4 is 22.9 Å². The maximum Gasteiger partial charge on any atom is 0.261 e. The third kappa shape index (κ3) is 2.84. The zero-order valence-electron chi connectivity index (χ0n) is 15.9. The van der Waals surface area contributed by atoms with Crippen LogP contribution in [0.1, 0.15) is 41.4 Å². The van der Waals surface area contributed by atoms with Crippen LogP contribution in [0.25, 0.3) is 5.65 Å². The summed E-state index contributed by atoms with van der Waals surface area (Å²) in [5, 5.41) is 17.8. The zero-order valence-corrected chi connectivity index (χ0v) is 15.9. The molecule has 140 valence electrons. The van der Waals surface area contributed by atoms with Crippen molar-refractivity contribution in [3.8, 4) is 0 Å². The molecule has 1 atom stereocenters. The highest BCUT2D eigenvalue weighted by Crippen LogP contribution is 2.47. The summed E-state index contributed by atoms with van der Waals surface area (Å²) in [6.07, 6.45) is 5.16. The molecule has 1 amide bonds.